The van der Waals surface area contributed by atoms with E-state index in [1.807, 2.05) is 0 Å². The van der Waals surface area contributed by atoms with Crippen molar-refractivity contribution in [2.24, 2.45) is 11.5 Å². The molecule has 0 spiro atoms. The fourth-order valence-corrected chi connectivity index (χ4v) is 9.42. The van der Waals surface area contributed by atoms with Crippen molar-refractivity contribution in [3.63, 3.8) is 0 Å². The molecule has 5 heteroatoms. The lowest BCUT2D eigenvalue weighted by Crippen LogP contribution is -2.52. The van der Waals surface area contributed by atoms with Gasteiger partial charge in [0.2, 0.25) is 0 Å². The summed E-state index contributed by atoms with van der Waals surface area (Å²) in [4.78, 5) is 0. The summed E-state index contributed by atoms with van der Waals surface area (Å²) >= 11 is 0. The van der Waals surface area contributed by atoms with E-state index >= 15 is 0 Å². The van der Waals surface area contributed by atoms with Crippen LogP contribution >= 0.6 is 0 Å². The monoisotopic (exact) mass is 247 g/mol. The summed E-state index contributed by atoms with van der Waals surface area (Å²) in [5.74, 6) is 0. The van der Waals surface area contributed by atoms with E-state index in [2.05, 4.69) is 30.9 Å². The molecule has 0 saturated carbocycles. The minimum Gasteiger partial charge on any atom is -0.351 e. The van der Waals surface area contributed by atoms with Gasteiger partial charge in [-0.05, 0) is 45.1 Å². The molecule has 0 rings (SSSR count). The van der Waals surface area contributed by atoms with Crippen molar-refractivity contribution >= 4 is 17.2 Å². The van der Waals surface area contributed by atoms with Crippen LogP contribution in [0, 0.1) is 0 Å². The second-order valence-electron chi connectivity index (χ2n) is 5.30. The fraction of sp³-hybridized carbons (Fsp3) is 1.00. The molecule has 0 aliphatic heterocycles. The SMILES string of the molecule is CN([SiH](CCCN)CCCN)[Si](C)(C)C. The van der Waals surface area contributed by atoms with E-state index in [-0.39, 0.29) is 0 Å². The van der Waals surface area contributed by atoms with Crippen LogP contribution in [0.3, 0.4) is 0 Å². The summed E-state index contributed by atoms with van der Waals surface area (Å²) < 4.78 is 2.73. The summed E-state index contributed by atoms with van der Waals surface area (Å²) in [6, 6.07) is 2.72. The normalized spacial score (nSPS) is 12.8. The average molecular weight is 248 g/mol. The van der Waals surface area contributed by atoms with Gasteiger partial charge in [-0.2, -0.15) is 0 Å². The van der Waals surface area contributed by atoms with Crippen molar-refractivity contribution in [1.82, 2.24) is 4.23 Å². The van der Waals surface area contributed by atoms with Crippen LogP contribution in [0.5, 0.6) is 0 Å². The maximum atomic E-state index is 5.61. The molecule has 0 aliphatic rings. The highest BCUT2D eigenvalue weighted by Crippen LogP contribution is 2.16. The zero-order valence-corrected chi connectivity index (χ0v) is 13.1. The van der Waals surface area contributed by atoms with Crippen molar-refractivity contribution in [2.75, 3.05) is 20.1 Å². The molecule has 0 unspecified atom stereocenters. The van der Waals surface area contributed by atoms with Gasteiger partial charge in [-0.1, -0.05) is 19.6 Å². The van der Waals surface area contributed by atoms with Gasteiger partial charge in [-0.15, -0.1) is 0 Å². The standard InChI is InChI=1S/C10H29N3Si2/c1-13(15(2,3)4)14(9-5-7-11)10-6-8-12/h14H,5-12H2,1-4H3. The Bertz CT molecular complexity index is 151. The Kier molecular flexibility index (Phi) is 7.72. The summed E-state index contributed by atoms with van der Waals surface area (Å²) in [6.45, 7) is 8.96. The Balaban J connectivity index is 4.20. The molecule has 0 heterocycles. The lowest BCUT2D eigenvalue weighted by atomic mass is 10.5. The van der Waals surface area contributed by atoms with Gasteiger partial charge in [0, 0.05) is 0 Å². The van der Waals surface area contributed by atoms with E-state index in [0.29, 0.717) is 0 Å². The van der Waals surface area contributed by atoms with Gasteiger partial charge in [0.05, 0.1) is 0 Å². The van der Waals surface area contributed by atoms with Gasteiger partial charge in [0.15, 0.2) is 0 Å². The first-order valence-electron chi connectivity index (χ1n) is 6.06. The van der Waals surface area contributed by atoms with E-state index in [4.69, 9.17) is 11.5 Å². The van der Waals surface area contributed by atoms with Crippen molar-refractivity contribution in [3.05, 3.63) is 0 Å². The lowest BCUT2D eigenvalue weighted by molar-refractivity contribution is 0.730. The number of nitrogens with two attached hydrogens (primary N) is 2. The Morgan fingerprint density at radius 3 is 1.67 bits per heavy atom. The molecule has 0 amide bonds. The molecule has 15 heavy (non-hydrogen) atoms. The van der Waals surface area contributed by atoms with Gasteiger partial charge < -0.3 is 15.7 Å². The predicted molar refractivity (Wildman–Crippen MR) is 75.2 cm³/mol. The van der Waals surface area contributed by atoms with Gasteiger partial charge in [0.1, 0.15) is 17.2 Å². The number of rotatable bonds is 8. The van der Waals surface area contributed by atoms with E-state index in [1.54, 1.807) is 0 Å². The molecule has 0 aliphatic carbocycles. The smallest absolute Gasteiger partial charge is 0.111 e. The molecule has 0 aromatic carbocycles. The molecule has 0 saturated heterocycles. The molecular formula is C10H29N3Si2. The van der Waals surface area contributed by atoms with Gasteiger partial charge in [-0.25, -0.2) is 0 Å². The van der Waals surface area contributed by atoms with E-state index < -0.39 is 17.2 Å². The van der Waals surface area contributed by atoms with Crippen molar-refractivity contribution in [2.45, 2.75) is 44.6 Å². The molecule has 3 nitrogen and oxygen atoms in total. The lowest BCUT2D eigenvalue weighted by Gasteiger charge is -2.37. The third-order valence-electron chi connectivity index (χ3n) is 3.09. The molecule has 0 aromatic rings. The Hall–Kier alpha value is 0.314. The highest BCUT2D eigenvalue weighted by atomic mass is 28.4. The third kappa shape index (κ3) is 6.47. The van der Waals surface area contributed by atoms with Crippen molar-refractivity contribution in [1.29, 1.82) is 0 Å². The Labute approximate surface area is 98.0 Å². The molecule has 0 aromatic heterocycles. The van der Waals surface area contributed by atoms with Crippen LogP contribution in [0.25, 0.3) is 0 Å². The van der Waals surface area contributed by atoms with Crippen molar-refractivity contribution < 1.29 is 0 Å². The third-order valence-corrected chi connectivity index (χ3v) is 11.9. The zero-order chi connectivity index (χ0) is 11.9. The first-order chi connectivity index (χ1) is 6.93. The Morgan fingerprint density at radius 2 is 1.40 bits per heavy atom. The maximum Gasteiger partial charge on any atom is 0.111 e. The summed E-state index contributed by atoms with van der Waals surface area (Å²) in [6.07, 6.45) is 2.38. The largest absolute Gasteiger partial charge is 0.351 e. The first kappa shape index (κ1) is 15.3. The zero-order valence-electron chi connectivity index (χ0n) is 10.9. The summed E-state index contributed by atoms with van der Waals surface area (Å²) in [5.41, 5.74) is 11.2. The van der Waals surface area contributed by atoms with Crippen LogP contribution in [0.1, 0.15) is 12.8 Å². The predicted octanol–water partition coefficient (Wildman–Crippen LogP) is 1.17. The van der Waals surface area contributed by atoms with Crippen LogP contribution in [0.2, 0.25) is 31.7 Å². The van der Waals surface area contributed by atoms with E-state index in [1.165, 1.54) is 24.9 Å². The number of hydrogen-bond acceptors (Lipinski definition) is 3. The molecule has 0 bridgehead atoms. The highest BCUT2D eigenvalue weighted by molar-refractivity contribution is 6.83. The average Bonchev–Trinajstić information content (AvgIpc) is 2.16. The second-order valence-corrected chi connectivity index (χ2v) is 14.1. The summed E-state index contributed by atoms with van der Waals surface area (Å²) in [5, 5.41) is 0. The quantitative estimate of drug-likeness (QED) is 0.633. The fourth-order valence-electron chi connectivity index (χ4n) is 1.79. The van der Waals surface area contributed by atoms with Crippen LogP contribution in [0.4, 0.5) is 0 Å². The van der Waals surface area contributed by atoms with Gasteiger partial charge in [-0.3, -0.25) is 0 Å². The van der Waals surface area contributed by atoms with Gasteiger partial charge >= 0.3 is 0 Å². The molecule has 4 N–H and O–H groups in total. The Morgan fingerprint density at radius 1 is 1.00 bits per heavy atom. The molecule has 92 valence electrons. The minimum absolute atomic E-state index is 0.753. The van der Waals surface area contributed by atoms with Crippen LogP contribution in [-0.4, -0.2) is 41.6 Å². The van der Waals surface area contributed by atoms with Gasteiger partial charge in [0.25, 0.3) is 0 Å². The van der Waals surface area contributed by atoms with Crippen LogP contribution in [0.15, 0.2) is 0 Å². The van der Waals surface area contributed by atoms with Crippen molar-refractivity contribution in [3.8, 4) is 0 Å². The molecule has 0 atom stereocenters. The molecular weight excluding hydrogens is 218 g/mol. The second kappa shape index (κ2) is 7.56. The number of hydrogen-bond donors (Lipinski definition) is 2. The van der Waals surface area contributed by atoms with Crippen LogP contribution in [-0.2, 0) is 0 Å². The van der Waals surface area contributed by atoms with E-state index in [0.717, 1.165) is 13.1 Å². The van der Waals surface area contributed by atoms with E-state index in [9.17, 15) is 0 Å². The topological polar surface area (TPSA) is 55.3 Å². The highest BCUT2D eigenvalue weighted by Gasteiger charge is 2.27. The maximum absolute atomic E-state index is 5.61. The summed E-state index contributed by atoms with van der Waals surface area (Å²) in [7, 11) is 0.466. The number of nitrogens with zero attached hydrogens (tertiary/aromatic N) is 1. The minimum atomic E-state index is -1.11. The molecule has 0 radical (unpaired) electrons. The first-order valence-corrected chi connectivity index (χ1v) is 11.7. The molecule has 0 fully saturated rings. The van der Waals surface area contributed by atoms with Crippen LogP contribution < -0.4 is 11.5 Å².